The highest BCUT2D eigenvalue weighted by molar-refractivity contribution is 6.36. The molecule has 6 heterocycles. The number of aromatic nitrogens is 8. The van der Waals surface area contributed by atoms with Crippen LogP contribution < -0.4 is 0 Å². The van der Waals surface area contributed by atoms with Gasteiger partial charge in [-0.15, -0.1) is 0 Å². The molecule has 0 fully saturated rings. The molecule has 1 N–H and O–H groups in total. The Hall–Kier alpha value is -15.0. The molecule has 24 rings (SSSR count). The topological polar surface area (TPSA) is 124 Å². The third-order valence-electron chi connectivity index (χ3n) is 21.9. The first-order chi connectivity index (χ1) is 55.9. The minimum atomic E-state index is 0.508. The normalized spacial score (nSPS) is 11.8. The molecule has 0 spiro atoms. The van der Waals surface area contributed by atoms with Crippen molar-refractivity contribution >= 4 is 164 Å². The van der Waals surface area contributed by atoms with Gasteiger partial charge in [-0.3, -0.25) is 0 Å². The second kappa shape index (κ2) is 26.7. The Morgan fingerprint density at radius 3 is 0.867 bits per heavy atom. The highest BCUT2D eigenvalue weighted by Crippen LogP contribution is 2.47. The summed E-state index contributed by atoms with van der Waals surface area (Å²) < 4.78 is 15.4. The third kappa shape index (κ3) is 11.4. The highest BCUT2D eigenvalue weighted by atomic mass is 35.5. The standard InChI is InChI=1S/C51H30N4O.C31H18ClN3O.C20H13N/c1-3-13-31(14-4-1)49-52-50(32-15-5-2-6-16-32)54-51(53-49)48-42(23-24-45-47(48)41-27-35-19-9-12-22-38(35)30-46(41)56-45)55-43-28-36-20-10-7-17-33(36)25-39(43)40-26-34-18-8-11-21-37(34)29-44(40)55;32-24-15-16-25-27(23-17-21-13-7-8-14-22(21)18-26(23)36-25)28(24)31-34-29(19-9-3-1-4-10-19)33-30(35-31)20-11-5-2-6-12-20;1-3-7-15-11-19-17(9-13(15)5-1)18-10-14-6-2-4-8-16(14)12-20(18)21-19/h1-30H;1-18H;1-12,21H. The van der Waals surface area contributed by atoms with Gasteiger partial charge in [0.25, 0.3) is 0 Å². The lowest BCUT2D eigenvalue weighted by molar-refractivity contribution is 0.669. The fourth-order valence-electron chi connectivity index (χ4n) is 16.5. The Labute approximate surface area is 650 Å². The number of halogens is 1. The van der Waals surface area contributed by atoms with Crippen molar-refractivity contribution in [2.45, 2.75) is 0 Å². The lowest BCUT2D eigenvalue weighted by Crippen LogP contribution is -2.04. The Morgan fingerprint density at radius 1 is 0.230 bits per heavy atom. The molecule has 18 aromatic carbocycles. The van der Waals surface area contributed by atoms with E-state index in [1.807, 2.05) is 121 Å². The van der Waals surface area contributed by atoms with Crippen LogP contribution in [0.15, 0.2) is 373 Å². The summed E-state index contributed by atoms with van der Waals surface area (Å²) in [5.41, 5.74) is 14.0. The number of hydrogen-bond acceptors (Lipinski definition) is 8. The third-order valence-corrected chi connectivity index (χ3v) is 22.2. The molecule has 0 aliphatic rings. The van der Waals surface area contributed by atoms with Crippen molar-refractivity contribution in [2.75, 3.05) is 0 Å². The molecule has 0 radical (unpaired) electrons. The summed E-state index contributed by atoms with van der Waals surface area (Å²) in [5, 5.41) is 23.8. The van der Waals surface area contributed by atoms with Gasteiger partial charge < -0.3 is 18.4 Å². The number of furan rings is 2. The SMILES string of the molecule is Clc1ccc2oc3cc4ccccc4cc3c2c1-c1nc(-c2ccccc2)nc(-c2ccccc2)n1.c1ccc(-c2nc(-c3ccccc3)nc(-c3c(-n4c5cc6ccccc6cc5c5cc6ccccc6cc54)ccc4oc5cc6ccccc6cc5c34)n2)cc1.c1ccc2cc3c(cc2c1)[nH]c1cc2ccccc2cc13. The molecule has 6 aromatic heterocycles. The maximum absolute atomic E-state index is 6.87. The number of H-pyrrole nitrogens is 1. The summed E-state index contributed by atoms with van der Waals surface area (Å²) in [6, 6.07) is 126. The Bertz CT molecular complexity index is 7660. The minimum absolute atomic E-state index is 0.508. The van der Waals surface area contributed by atoms with Crippen LogP contribution in [0.2, 0.25) is 5.02 Å². The summed E-state index contributed by atoms with van der Waals surface area (Å²) in [7, 11) is 0. The predicted molar refractivity (Wildman–Crippen MR) is 467 cm³/mol. The van der Waals surface area contributed by atoms with E-state index in [2.05, 4.69) is 252 Å². The van der Waals surface area contributed by atoms with Crippen molar-refractivity contribution in [3.63, 3.8) is 0 Å². The first-order valence-corrected chi connectivity index (χ1v) is 38.1. The van der Waals surface area contributed by atoms with Gasteiger partial charge in [-0.2, -0.15) is 0 Å². The zero-order valence-corrected chi connectivity index (χ0v) is 61.2. The van der Waals surface area contributed by atoms with Gasteiger partial charge >= 0.3 is 0 Å². The molecule has 0 aliphatic carbocycles. The van der Waals surface area contributed by atoms with Crippen LogP contribution in [-0.2, 0) is 0 Å². The highest BCUT2D eigenvalue weighted by Gasteiger charge is 2.27. The zero-order valence-electron chi connectivity index (χ0n) is 60.5. The average Bonchev–Trinajstić information content (AvgIpc) is 1.57. The van der Waals surface area contributed by atoms with Crippen LogP contribution in [0.3, 0.4) is 0 Å². The summed E-state index contributed by atoms with van der Waals surface area (Å²) in [6.07, 6.45) is 0. The van der Waals surface area contributed by atoms with Crippen LogP contribution in [0, 0.1) is 0 Å². The van der Waals surface area contributed by atoms with Crippen molar-refractivity contribution in [3.8, 4) is 74.0 Å². The van der Waals surface area contributed by atoms with Crippen molar-refractivity contribution in [2.24, 2.45) is 0 Å². The molecular formula is C102H61ClN8O2. The van der Waals surface area contributed by atoms with Crippen molar-refractivity contribution in [1.29, 1.82) is 0 Å². The Kier molecular flexibility index (Phi) is 15.4. The number of nitrogens with zero attached hydrogens (tertiary/aromatic N) is 7. The first kappa shape index (κ1) is 65.1. The summed E-state index contributed by atoms with van der Waals surface area (Å²) in [4.78, 5) is 34.0. The van der Waals surface area contributed by atoms with E-state index >= 15 is 0 Å². The molecule has 528 valence electrons. The van der Waals surface area contributed by atoms with E-state index in [0.717, 1.165) is 116 Å². The van der Waals surface area contributed by atoms with Gasteiger partial charge in [0, 0.05) is 81.9 Å². The summed E-state index contributed by atoms with van der Waals surface area (Å²) in [5.74, 6) is 3.47. The molecule has 0 amide bonds. The minimum Gasteiger partial charge on any atom is -0.456 e. The van der Waals surface area contributed by atoms with Crippen molar-refractivity contribution < 1.29 is 8.83 Å². The average molecular weight is 1470 g/mol. The molecule has 11 heteroatoms. The quantitative estimate of drug-likeness (QED) is 0.167. The van der Waals surface area contributed by atoms with Crippen LogP contribution in [0.5, 0.6) is 0 Å². The van der Waals surface area contributed by atoms with Crippen molar-refractivity contribution in [1.82, 2.24) is 39.5 Å². The number of nitrogens with one attached hydrogen (secondary N) is 1. The fraction of sp³-hybridized carbons (Fsp3) is 0. The van der Waals surface area contributed by atoms with Gasteiger partial charge in [-0.25, -0.2) is 29.9 Å². The second-order valence-electron chi connectivity index (χ2n) is 28.7. The smallest absolute Gasteiger partial charge is 0.166 e. The van der Waals surface area contributed by atoms with Gasteiger partial charge in [-0.05, 0) is 162 Å². The molecule has 113 heavy (non-hydrogen) atoms. The molecule has 0 unspecified atom stereocenters. The lowest BCUT2D eigenvalue weighted by Gasteiger charge is -2.16. The van der Waals surface area contributed by atoms with Crippen LogP contribution in [-0.4, -0.2) is 39.5 Å². The molecule has 0 bridgehead atoms. The number of hydrogen-bond donors (Lipinski definition) is 1. The van der Waals surface area contributed by atoms with Gasteiger partial charge in [0.1, 0.15) is 22.3 Å². The molecule has 24 aromatic rings. The summed E-state index contributed by atoms with van der Waals surface area (Å²) >= 11 is 6.87. The number of fused-ring (bicyclic) bond motifs is 18. The predicted octanol–water partition coefficient (Wildman–Crippen LogP) is 27.5. The molecule has 10 nitrogen and oxygen atoms in total. The van der Waals surface area contributed by atoms with E-state index in [9.17, 15) is 0 Å². The summed E-state index contributed by atoms with van der Waals surface area (Å²) in [6.45, 7) is 0. The van der Waals surface area contributed by atoms with E-state index in [1.54, 1.807) is 0 Å². The lowest BCUT2D eigenvalue weighted by atomic mass is 10.0. The molecule has 0 aliphatic heterocycles. The van der Waals surface area contributed by atoms with Crippen LogP contribution in [0.25, 0.3) is 226 Å². The Balaban J connectivity index is 0.000000116. The van der Waals surface area contributed by atoms with Crippen LogP contribution in [0.4, 0.5) is 0 Å². The molecular weight excluding hydrogens is 1400 g/mol. The van der Waals surface area contributed by atoms with E-state index < -0.39 is 0 Å². The van der Waals surface area contributed by atoms with Gasteiger partial charge in [0.05, 0.1) is 27.3 Å². The van der Waals surface area contributed by atoms with Gasteiger partial charge in [-0.1, -0.05) is 279 Å². The van der Waals surface area contributed by atoms with Crippen molar-refractivity contribution in [3.05, 3.63) is 369 Å². The molecule has 0 saturated heterocycles. The monoisotopic (exact) mass is 1460 g/mol. The number of benzene rings is 18. The maximum atomic E-state index is 6.87. The molecule has 0 atom stereocenters. The zero-order chi connectivity index (χ0) is 74.6. The Morgan fingerprint density at radius 2 is 0.504 bits per heavy atom. The van der Waals surface area contributed by atoms with Crippen LogP contribution in [0.1, 0.15) is 0 Å². The van der Waals surface area contributed by atoms with E-state index in [-0.39, 0.29) is 0 Å². The first-order valence-electron chi connectivity index (χ1n) is 37.7. The van der Waals surface area contributed by atoms with E-state index in [0.29, 0.717) is 40.0 Å². The van der Waals surface area contributed by atoms with E-state index in [4.69, 9.17) is 50.3 Å². The number of rotatable bonds is 7. The number of aromatic amines is 1. The van der Waals surface area contributed by atoms with Crippen LogP contribution >= 0.6 is 11.6 Å². The fourth-order valence-corrected chi connectivity index (χ4v) is 16.7. The largest absolute Gasteiger partial charge is 0.456 e. The van der Waals surface area contributed by atoms with E-state index in [1.165, 1.54) is 75.7 Å². The maximum Gasteiger partial charge on any atom is 0.166 e. The van der Waals surface area contributed by atoms with Gasteiger partial charge in [0.15, 0.2) is 34.9 Å². The second-order valence-corrected chi connectivity index (χ2v) is 29.1. The van der Waals surface area contributed by atoms with Gasteiger partial charge in [0.2, 0.25) is 0 Å². The molecule has 0 saturated carbocycles.